The van der Waals surface area contributed by atoms with Gasteiger partial charge < -0.3 is 5.32 Å². The smallest absolute Gasteiger partial charge is 0.0985 e. The van der Waals surface area contributed by atoms with Crippen molar-refractivity contribution in [1.29, 1.82) is 0 Å². The Labute approximate surface area is 99.3 Å². The lowest BCUT2D eigenvalue weighted by Crippen LogP contribution is -2.03. The zero-order chi connectivity index (χ0) is 11.4. The Morgan fingerprint density at radius 2 is 2.38 bits per heavy atom. The van der Waals surface area contributed by atoms with E-state index in [0.717, 1.165) is 25.2 Å². The van der Waals surface area contributed by atoms with Gasteiger partial charge in [0.25, 0.3) is 0 Å². The topological polar surface area (TPSA) is 42.7 Å². The largest absolute Gasteiger partial charge is 0.316 e. The van der Waals surface area contributed by atoms with Crippen LogP contribution >= 0.6 is 11.3 Å². The Morgan fingerprint density at radius 3 is 3.12 bits per heavy atom. The maximum atomic E-state index is 4.10. The van der Waals surface area contributed by atoms with E-state index < -0.39 is 0 Å². The standard InChI is InChI=1S/C11H16N4S/c1-3-4-15-10(7-13-14-15)11-5-9(6-12-2)8-16-11/h5,7-8,12H,3-4,6H2,1-2H3. The highest BCUT2D eigenvalue weighted by Crippen LogP contribution is 2.26. The van der Waals surface area contributed by atoms with E-state index in [1.165, 1.54) is 10.4 Å². The zero-order valence-electron chi connectivity index (χ0n) is 9.60. The molecule has 0 saturated heterocycles. The summed E-state index contributed by atoms with van der Waals surface area (Å²) in [5.74, 6) is 0. The van der Waals surface area contributed by atoms with Crippen LogP contribution < -0.4 is 5.32 Å². The van der Waals surface area contributed by atoms with E-state index in [-0.39, 0.29) is 0 Å². The summed E-state index contributed by atoms with van der Waals surface area (Å²) in [4.78, 5) is 1.24. The number of aryl methyl sites for hydroxylation is 1. The van der Waals surface area contributed by atoms with Crippen molar-refractivity contribution >= 4 is 11.3 Å². The van der Waals surface area contributed by atoms with E-state index in [4.69, 9.17) is 0 Å². The summed E-state index contributed by atoms with van der Waals surface area (Å²) in [6.45, 7) is 3.98. The van der Waals surface area contributed by atoms with Crippen LogP contribution in [0.4, 0.5) is 0 Å². The number of nitrogens with one attached hydrogen (secondary N) is 1. The lowest BCUT2D eigenvalue weighted by atomic mass is 10.3. The van der Waals surface area contributed by atoms with Crippen molar-refractivity contribution in [2.24, 2.45) is 0 Å². The quantitative estimate of drug-likeness (QED) is 0.865. The van der Waals surface area contributed by atoms with Crippen molar-refractivity contribution < 1.29 is 0 Å². The second kappa shape index (κ2) is 5.23. The third-order valence-corrected chi connectivity index (χ3v) is 3.34. The third kappa shape index (κ3) is 2.31. The van der Waals surface area contributed by atoms with E-state index in [1.54, 1.807) is 11.3 Å². The van der Waals surface area contributed by atoms with Gasteiger partial charge in [-0.1, -0.05) is 12.1 Å². The number of aromatic nitrogens is 3. The molecule has 0 aliphatic heterocycles. The van der Waals surface area contributed by atoms with Crippen molar-refractivity contribution in [1.82, 2.24) is 20.3 Å². The van der Waals surface area contributed by atoms with Crippen molar-refractivity contribution in [3.8, 4) is 10.6 Å². The van der Waals surface area contributed by atoms with Gasteiger partial charge in [-0.15, -0.1) is 16.4 Å². The van der Waals surface area contributed by atoms with Gasteiger partial charge in [0.2, 0.25) is 0 Å². The lowest BCUT2D eigenvalue weighted by molar-refractivity contribution is 0.584. The molecule has 0 saturated carbocycles. The first-order valence-electron chi connectivity index (χ1n) is 5.46. The molecule has 2 rings (SSSR count). The molecule has 86 valence electrons. The van der Waals surface area contributed by atoms with Gasteiger partial charge in [-0.05, 0) is 30.5 Å². The molecule has 0 aliphatic carbocycles. The molecule has 2 heterocycles. The van der Waals surface area contributed by atoms with E-state index >= 15 is 0 Å². The van der Waals surface area contributed by atoms with Gasteiger partial charge in [0.1, 0.15) is 0 Å². The van der Waals surface area contributed by atoms with Crippen LogP contribution in [0.2, 0.25) is 0 Å². The van der Waals surface area contributed by atoms with Crippen molar-refractivity contribution in [3.63, 3.8) is 0 Å². The monoisotopic (exact) mass is 236 g/mol. The van der Waals surface area contributed by atoms with Gasteiger partial charge in [0, 0.05) is 13.1 Å². The number of hydrogen-bond acceptors (Lipinski definition) is 4. The summed E-state index contributed by atoms with van der Waals surface area (Å²) in [6, 6.07) is 2.20. The molecular weight excluding hydrogens is 220 g/mol. The molecule has 0 aliphatic rings. The second-order valence-electron chi connectivity index (χ2n) is 3.69. The summed E-state index contributed by atoms with van der Waals surface area (Å²) in [5, 5.41) is 13.4. The van der Waals surface area contributed by atoms with Crippen LogP contribution in [0.25, 0.3) is 10.6 Å². The van der Waals surface area contributed by atoms with Crippen LogP contribution in [0.15, 0.2) is 17.6 Å². The third-order valence-electron chi connectivity index (χ3n) is 2.34. The maximum absolute atomic E-state index is 4.10. The van der Waals surface area contributed by atoms with Crippen LogP contribution in [0.1, 0.15) is 18.9 Å². The maximum Gasteiger partial charge on any atom is 0.0985 e. The van der Waals surface area contributed by atoms with E-state index in [1.807, 2.05) is 17.9 Å². The number of hydrogen-bond donors (Lipinski definition) is 1. The van der Waals surface area contributed by atoms with Gasteiger partial charge in [-0.25, -0.2) is 4.68 Å². The van der Waals surface area contributed by atoms with Gasteiger partial charge in [0.05, 0.1) is 16.8 Å². The average molecular weight is 236 g/mol. The minimum Gasteiger partial charge on any atom is -0.316 e. The molecule has 0 unspecified atom stereocenters. The molecule has 0 amide bonds. The van der Waals surface area contributed by atoms with Crippen LogP contribution in [0.5, 0.6) is 0 Å². The molecular formula is C11H16N4S. The molecule has 2 aromatic heterocycles. The van der Waals surface area contributed by atoms with Crippen LogP contribution in [0, 0.1) is 0 Å². The fraction of sp³-hybridized carbons (Fsp3) is 0.455. The number of rotatable bonds is 5. The van der Waals surface area contributed by atoms with Gasteiger partial charge in [-0.3, -0.25) is 0 Å². The molecule has 16 heavy (non-hydrogen) atoms. The minimum absolute atomic E-state index is 0.909. The fourth-order valence-corrected chi connectivity index (χ4v) is 2.56. The lowest BCUT2D eigenvalue weighted by Gasteiger charge is -2.01. The first-order valence-corrected chi connectivity index (χ1v) is 6.34. The Hall–Kier alpha value is -1.20. The Morgan fingerprint density at radius 1 is 1.50 bits per heavy atom. The number of thiophene rings is 1. The predicted molar refractivity (Wildman–Crippen MR) is 66.4 cm³/mol. The molecule has 0 aromatic carbocycles. The van der Waals surface area contributed by atoms with Crippen LogP contribution in [-0.4, -0.2) is 22.0 Å². The molecule has 4 nitrogen and oxygen atoms in total. The van der Waals surface area contributed by atoms with Gasteiger partial charge in [-0.2, -0.15) is 0 Å². The van der Waals surface area contributed by atoms with Gasteiger partial charge >= 0.3 is 0 Å². The Bertz CT molecular complexity index is 446. The Kier molecular flexibility index (Phi) is 3.69. The molecule has 2 aromatic rings. The highest BCUT2D eigenvalue weighted by molar-refractivity contribution is 7.13. The molecule has 0 spiro atoms. The van der Waals surface area contributed by atoms with Crippen molar-refractivity contribution in [2.75, 3.05) is 7.05 Å². The highest BCUT2D eigenvalue weighted by atomic mass is 32.1. The summed E-state index contributed by atoms with van der Waals surface area (Å²) >= 11 is 1.75. The summed E-state index contributed by atoms with van der Waals surface area (Å²) in [5.41, 5.74) is 2.43. The molecule has 0 atom stereocenters. The first kappa shape index (κ1) is 11.3. The van der Waals surface area contributed by atoms with Crippen LogP contribution in [0.3, 0.4) is 0 Å². The van der Waals surface area contributed by atoms with E-state index in [9.17, 15) is 0 Å². The van der Waals surface area contributed by atoms with E-state index in [2.05, 4.69) is 34.0 Å². The Balaban J connectivity index is 2.24. The zero-order valence-corrected chi connectivity index (χ0v) is 10.4. The van der Waals surface area contributed by atoms with Crippen LogP contribution in [-0.2, 0) is 13.1 Å². The summed E-state index contributed by atoms with van der Waals surface area (Å²) < 4.78 is 1.97. The van der Waals surface area contributed by atoms with E-state index in [0.29, 0.717) is 0 Å². The minimum atomic E-state index is 0.909. The van der Waals surface area contributed by atoms with Crippen molar-refractivity contribution in [2.45, 2.75) is 26.4 Å². The fourth-order valence-electron chi connectivity index (χ4n) is 1.63. The molecule has 0 bridgehead atoms. The summed E-state index contributed by atoms with van der Waals surface area (Å²) in [7, 11) is 1.96. The van der Waals surface area contributed by atoms with Crippen molar-refractivity contribution in [3.05, 3.63) is 23.2 Å². The molecule has 5 heteroatoms. The molecule has 1 N–H and O–H groups in total. The number of nitrogens with zero attached hydrogens (tertiary/aromatic N) is 3. The average Bonchev–Trinajstić information content (AvgIpc) is 2.87. The SMILES string of the molecule is CCCn1nncc1-c1cc(CNC)cs1. The summed E-state index contributed by atoms with van der Waals surface area (Å²) in [6.07, 6.45) is 2.91. The first-order chi connectivity index (χ1) is 7.85. The second-order valence-corrected chi connectivity index (χ2v) is 4.60. The normalized spacial score (nSPS) is 10.9. The highest BCUT2D eigenvalue weighted by Gasteiger charge is 2.08. The predicted octanol–water partition coefficient (Wildman–Crippen LogP) is 2.14. The van der Waals surface area contributed by atoms with Gasteiger partial charge in [0.15, 0.2) is 0 Å². The molecule has 0 radical (unpaired) electrons. The molecule has 0 fully saturated rings.